The van der Waals surface area contributed by atoms with E-state index in [-0.39, 0.29) is 18.1 Å². The van der Waals surface area contributed by atoms with Gasteiger partial charge in [-0.05, 0) is 41.8 Å². The van der Waals surface area contributed by atoms with Gasteiger partial charge in [-0.3, -0.25) is 4.79 Å². The quantitative estimate of drug-likeness (QED) is 0.801. The summed E-state index contributed by atoms with van der Waals surface area (Å²) in [5.41, 5.74) is 13.3. The lowest BCUT2D eigenvalue weighted by Crippen LogP contribution is -2.11. The highest BCUT2D eigenvalue weighted by Gasteiger charge is 2.04. The number of halogens is 1. The van der Waals surface area contributed by atoms with E-state index in [1.807, 2.05) is 6.07 Å². The first kappa shape index (κ1) is 14.8. The van der Waals surface area contributed by atoms with Crippen LogP contribution < -0.4 is 16.2 Å². The molecule has 0 aliphatic carbocycles. The number of primary amides is 1. The number of hydrogen-bond acceptors (Lipinski definition) is 3. The molecule has 1 amide bonds. The molecule has 0 saturated carbocycles. The molecule has 0 bridgehead atoms. The van der Waals surface area contributed by atoms with Crippen molar-refractivity contribution < 1.29 is 13.9 Å². The van der Waals surface area contributed by atoms with Crippen molar-refractivity contribution >= 4 is 11.6 Å². The van der Waals surface area contributed by atoms with Gasteiger partial charge in [-0.15, -0.1) is 0 Å². The lowest BCUT2D eigenvalue weighted by molar-refractivity contribution is -0.117. The maximum atomic E-state index is 12.8. The summed E-state index contributed by atoms with van der Waals surface area (Å²) < 4.78 is 18.4. The molecule has 0 aromatic heterocycles. The minimum Gasteiger partial charge on any atom is -0.487 e. The fourth-order valence-corrected chi connectivity index (χ4v) is 1.89. The van der Waals surface area contributed by atoms with E-state index >= 15 is 0 Å². The van der Waals surface area contributed by atoms with Gasteiger partial charge in [0.15, 0.2) is 0 Å². The fourth-order valence-electron chi connectivity index (χ4n) is 1.89. The van der Waals surface area contributed by atoms with Gasteiger partial charge < -0.3 is 16.2 Å². The zero-order valence-corrected chi connectivity index (χ0v) is 11.5. The molecule has 0 heterocycles. The Morgan fingerprint density at radius 1 is 1.10 bits per heavy atom. The van der Waals surface area contributed by atoms with Gasteiger partial charge in [0.05, 0.1) is 5.69 Å². The highest BCUT2D eigenvalue weighted by Crippen LogP contribution is 2.24. The molecule has 0 aliphatic heterocycles. The molecule has 2 aromatic rings. The monoisotopic (exact) mass is 288 g/mol. The Morgan fingerprint density at radius 3 is 2.38 bits per heavy atom. The van der Waals surface area contributed by atoms with E-state index in [1.165, 1.54) is 12.1 Å². The van der Waals surface area contributed by atoms with Crippen molar-refractivity contribution in [3.63, 3.8) is 0 Å². The minimum absolute atomic E-state index is 0.280. The highest BCUT2D eigenvalue weighted by atomic mass is 19.1. The average Bonchev–Trinajstić information content (AvgIpc) is 2.46. The molecular weight excluding hydrogens is 271 g/mol. The summed E-state index contributed by atoms with van der Waals surface area (Å²) in [6.07, 6.45) is 0.840. The number of hydrogen-bond donors (Lipinski definition) is 2. The van der Waals surface area contributed by atoms with Crippen molar-refractivity contribution in [2.24, 2.45) is 5.73 Å². The van der Waals surface area contributed by atoms with Crippen molar-refractivity contribution in [2.45, 2.75) is 19.4 Å². The number of anilines is 1. The van der Waals surface area contributed by atoms with Crippen molar-refractivity contribution in [3.05, 3.63) is 59.4 Å². The Morgan fingerprint density at radius 2 is 1.76 bits per heavy atom. The third kappa shape index (κ3) is 4.49. The third-order valence-corrected chi connectivity index (χ3v) is 3.04. The molecule has 2 aromatic carbocycles. The zero-order chi connectivity index (χ0) is 15.2. The Hall–Kier alpha value is -2.56. The summed E-state index contributed by atoms with van der Waals surface area (Å²) >= 11 is 0. The normalized spacial score (nSPS) is 10.3. The van der Waals surface area contributed by atoms with Crippen molar-refractivity contribution in [1.82, 2.24) is 0 Å². The second-order valence-corrected chi connectivity index (χ2v) is 4.75. The van der Waals surface area contributed by atoms with Crippen LogP contribution in [0.5, 0.6) is 5.75 Å². The van der Waals surface area contributed by atoms with Gasteiger partial charge in [-0.2, -0.15) is 0 Å². The number of benzene rings is 2. The van der Waals surface area contributed by atoms with E-state index < -0.39 is 0 Å². The van der Waals surface area contributed by atoms with E-state index in [0.717, 1.165) is 11.1 Å². The van der Waals surface area contributed by atoms with Gasteiger partial charge >= 0.3 is 0 Å². The summed E-state index contributed by atoms with van der Waals surface area (Å²) in [5, 5.41) is 0. The molecule has 5 heteroatoms. The van der Waals surface area contributed by atoms with Crippen LogP contribution in [0.25, 0.3) is 0 Å². The molecule has 2 rings (SSSR count). The van der Waals surface area contributed by atoms with E-state index in [1.54, 1.807) is 24.3 Å². The van der Waals surface area contributed by atoms with Crippen LogP contribution in [0.4, 0.5) is 10.1 Å². The SMILES string of the molecule is NC(=O)CCc1ccc(OCc2ccc(F)cc2)c(N)c1. The van der Waals surface area contributed by atoms with Crippen LogP contribution in [-0.2, 0) is 17.8 Å². The zero-order valence-electron chi connectivity index (χ0n) is 11.5. The molecule has 4 nitrogen and oxygen atoms in total. The molecule has 0 saturated heterocycles. The Labute approximate surface area is 122 Å². The first-order valence-electron chi connectivity index (χ1n) is 6.58. The predicted octanol–water partition coefficient (Wildman–Crippen LogP) is 2.40. The number of carbonyl (C=O) groups is 1. The van der Waals surface area contributed by atoms with Crippen LogP contribution in [-0.4, -0.2) is 5.91 Å². The first-order chi connectivity index (χ1) is 10.0. The van der Waals surface area contributed by atoms with Crippen molar-refractivity contribution in [2.75, 3.05) is 5.73 Å². The molecule has 21 heavy (non-hydrogen) atoms. The molecule has 0 spiro atoms. The van der Waals surface area contributed by atoms with Crippen LogP contribution in [0.1, 0.15) is 17.5 Å². The van der Waals surface area contributed by atoms with Crippen molar-refractivity contribution in [3.8, 4) is 5.75 Å². The van der Waals surface area contributed by atoms with Crippen LogP contribution in [0.15, 0.2) is 42.5 Å². The minimum atomic E-state index is -0.342. The van der Waals surface area contributed by atoms with E-state index in [9.17, 15) is 9.18 Å². The Kier molecular flexibility index (Phi) is 4.77. The molecule has 0 aliphatic rings. The van der Waals surface area contributed by atoms with E-state index in [0.29, 0.717) is 24.5 Å². The van der Waals surface area contributed by atoms with Gasteiger partial charge in [0.2, 0.25) is 5.91 Å². The van der Waals surface area contributed by atoms with Gasteiger partial charge in [0.1, 0.15) is 18.2 Å². The summed E-state index contributed by atoms with van der Waals surface area (Å²) in [7, 11) is 0. The molecule has 0 radical (unpaired) electrons. The number of rotatable bonds is 6. The number of ether oxygens (including phenoxy) is 1. The average molecular weight is 288 g/mol. The van der Waals surface area contributed by atoms with Gasteiger partial charge in [-0.1, -0.05) is 18.2 Å². The number of nitrogens with two attached hydrogens (primary N) is 2. The fraction of sp³-hybridized carbons (Fsp3) is 0.188. The maximum Gasteiger partial charge on any atom is 0.217 e. The standard InChI is InChI=1S/C16H17FN2O2/c17-13-5-1-12(2-6-13)10-21-15-7-3-11(9-14(15)18)4-8-16(19)20/h1-3,5-7,9H,4,8,10,18H2,(H2,19,20). The second-order valence-electron chi connectivity index (χ2n) is 4.75. The van der Waals surface area contributed by atoms with Crippen LogP contribution in [0, 0.1) is 5.82 Å². The lowest BCUT2D eigenvalue weighted by atomic mass is 10.1. The van der Waals surface area contributed by atoms with Gasteiger partial charge in [0, 0.05) is 6.42 Å². The molecule has 0 unspecified atom stereocenters. The highest BCUT2D eigenvalue weighted by molar-refractivity contribution is 5.74. The molecule has 4 N–H and O–H groups in total. The lowest BCUT2D eigenvalue weighted by Gasteiger charge is -2.10. The first-order valence-corrected chi connectivity index (χ1v) is 6.58. The second kappa shape index (κ2) is 6.74. The summed E-state index contributed by atoms with van der Waals surface area (Å²) in [6.45, 7) is 0.311. The molecule has 0 atom stereocenters. The maximum absolute atomic E-state index is 12.8. The topological polar surface area (TPSA) is 78.3 Å². The number of aryl methyl sites for hydroxylation is 1. The number of nitrogen functional groups attached to an aromatic ring is 1. The van der Waals surface area contributed by atoms with Crippen LogP contribution in [0.3, 0.4) is 0 Å². The third-order valence-electron chi connectivity index (χ3n) is 3.04. The Bertz CT molecular complexity index is 627. The predicted molar refractivity (Wildman–Crippen MR) is 79.1 cm³/mol. The van der Waals surface area contributed by atoms with E-state index in [4.69, 9.17) is 16.2 Å². The number of amides is 1. The summed E-state index contributed by atoms with van der Waals surface area (Å²) in [6, 6.07) is 11.5. The molecule has 0 fully saturated rings. The van der Waals surface area contributed by atoms with Gasteiger partial charge in [0.25, 0.3) is 0 Å². The largest absolute Gasteiger partial charge is 0.487 e. The summed E-state index contributed by atoms with van der Waals surface area (Å²) in [5.74, 6) is -0.0653. The Balaban J connectivity index is 1.97. The smallest absolute Gasteiger partial charge is 0.217 e. The van der Waals surface area contributed by atoms with Gasteiger partial charge in [-0.25, -0.2) is 4.39 Å². The molecule has 110 valence electrons. The van der Waals surface area contributed by atoms with Crippen LogP contribution in [0.2, 0.25) is 0 Å². The number of carbonyl (C=O) groups excluding carboxylic acids is 1. The van der Waals surface area contributed by atoms with Crippen LogP contribution >= 0.6 is 0 Å². The van der Waals surface area contributed by atoms with Crippen molar-refractivity contribution in [1.29, 1.82) is 0 Å². The summed E-state index contributed by atoms with van der Waals surface area (Å²) in [4.78, 5) is 10.7. The van der Waals surface area contributed by atoms with E-state index in [2.05, 4.69) is 0 Å². The molecular formula is C16H17FN2O2.